The molecule has 27 heavy (non-hydrogen) atoms. The molecule has 0 aliphatic carbocycles. The molecular weight excluding hydrogens is 334 g/mol. The highest BCUT2D eigenvalue weighted by Crippen LogP contribution is 2.22. The van der Waals surface area contributed by atoms with Crippen molar-refractivity contribution in [2.45, 2.75) is 53.6 Å². The predicted molar refractivity (Wildman–Crippen MR) is 111 cm³/mol. The molecule has 4 heteroatoms. The standard InChI is InChI=1S/C23H33N3O/c1-17(2)26-19(4)15-22(20(26)5)23(27)25-12-8-11-24(13-14-25)16-21-10-7-6-9-18(21)3/h6-7,9-10,15,17H,8,11-14,16H2,1-5H3. The molecule has 2 aromatic rings. The number of rotatable bonds is 4. The SMILES string of the molecule is Cc1ccccc1CN1CCCN(C(=O)c2cc(C)n(C(C)C)c2C)CC1. The van der Waals surface area contributed by atoms with Gasteiger partial charge in [0.25, 0.3) is 5.91 Å². The van der Waals surface area contributed by atoms with Gasteiger partial charge in [-0.3, -0.25) is 9.69 Å². The lowest BCUT2D eigenvalue weighted by molar-refractivity contribution is 0.0760. The van der Waals surface area contributed by atoms with Crippen molar-refractivity contribution in [3.05, 3.63) is 58.4 Å². The van der Waals surface area contributed by atoms with E-state index in [0.29, 0.717) is 6.04 Å². The Morgan fingerprint density at radius 2 is 1.78 bits per heavy atom. The van der Waals surface area contributed by atoms with E-state index >= 15 is 0 Å². The van der Waals surface area contributed by atoms with Gasteiger partial charge in [0.2, 0.25) is 0 Å². The van der Waals surface area contributed by atoms with Gasteiger partial charge in [0.15, 0.2) is 0 Å². The van der Waals surface area contributed by atoms with E-state index in [9.17, 15) is 4.79 Å². The first-order valence-corrected chi connectivity index (χ1v) is 10.1. The lowest BCUT2D eigenvalue weighted by atomic mass is 10.1. The smallest absolute Gasteiger partial charge is 0.255 e. The number of amides is 1. The van der Waals surface area contributed by atoms with Gasteiger partial charge < -0.3 is 9.47 Å². The Morgan fingerprint density at radius 1 is 1.04 bits per heavy atom. The summed E-state index contributed by atoms with van der Waals surface area (Å²) in [6.07, 6.45) is 1.03. The van der Waals surface area contributed by atoms with Crippen LogP contribution >= 0.6 is 0 Å². The Kier molecular flexibility index (Phi) is 6.05. The molecule has 0 N–H and O–H groups in total. The molecule has 0 saturated carbocycles. The van der Waals surface area contributed by atoms with E-state index in [0.717, 1.165) is 50.4 Å². The summed E-state index contributed by atoms with van der Waals surface area (Å²) >= 11 is 0. The van der Waals surface area contributed by atoms with Crippen molar-refractivity contribution in [1.82, 2.24) is 14.4 Å². The van der Waals surface area contributed by atoms with Crippen LogP contribution in [0.1, 0.15) is 59.2 Å². The maximum absolute atomic E-state index is 13.2. The van der Waals surface area contributed by atoms with Crippen LogP contribution in [0.5, 0.6) is 0 Å². The van der Waals surface area contributed by atoms with Gasteiger partial charge in [-0.25, -0.2) is 0 Å². The van der Waals surface area contributed by atoms with Crippen LogP contribution in [-0.2, 0) is 6.54 Å². The summed E-state index contributed by atoms with van der Waals surface area (Å²) in [4.78, 5) is 17.7. The minimum atomic E-state index is 0.188. The molecule has 3 rings (SSSR count). The molecule has 1 aliphatic rings. The Labute approximate surface area is 163 Å². The Balaban J connectivity index is 1.68. The van der Waals surface area contributed by atoms with Crippen LogP contribution in [0.3, 0.4) is 0 Å². The second-order valence-corrected chi connectivity index (χ2v) is 8.10. The molecule has 2 heterocycles. The van der Waals surface area contributed by atoms with Gasteiger partial charge in [-0.1, -0.05) is 24.3 Å². The third-order valence-corrected chi connectivity index (χ3v) is 5.76. The van der Waals surface area contributed by atoms with Crippen LogP contribution in [0.2, 0.25) is 0 Å². The van der Waals surface area contributed by atoms with Crippen LogP contribution in [-0.4, -0.2) is 46.5 Å². The quantitative estimate of drug-likeness (QED) is 0.804. The minimum Gasteiger partial charge on any atom is -0.346 e. The molecule has 0 spiro atoms. The predicted octanol–water partition coefficient (Wildman–Crippen LogP) is 4.34. The molecule has 4 nitrogen and oxygen atoms in total. The summed E-state index contributed by atoms with van der Waals surface area (Å²) in [5.41, 5.74) is 5.86. The van der Waals surface area contributed by atoms with Crippen molar-refractivity contribution < 1.29 is 4.79 Å². The molecule has 1 amide bonds. The second kappa shape index (κ2) is 8.30. The topological polar surface area (TPSA) is 28.5 Å². The number of nitrogens with zero attached hydrogens (tertiary/aromatic N) is 3. The van der Waals surface area contributed by atoms with E-state index in [1.165, 1.54) is 16.8 Å². The van der Waals surface area contributed by atoms with E-state index < -0.39 is 0 Å². The molecule has 1 saturated heterocycles. The molecule has 1 aromatic carbocycles. The van der Waals surface area contributed by atoms with E-state index in [-0.39, 0.29) is 5.91 Å². The van der Waals surface area contributed by atoms with Crippen molar-refractivity contribution in [3.8, 4) is 0 Å². The average molecular weight is 368 g/mol. The number of hydrogen-bond donors (Lipinski definition) is 0. The van der Waals surface area contributed by atoms with E-state index in [1.807, 2.05) is 4.90 Å². The zero-order valence-corrected chi connectivity index (χ0v) is 17.5. The van der Waals surface area contributed by atoms with Gasteiger partial charge in [-0.2, -0.15) is 0 Å². The summed E-state index contributed by atoms with van der Waals surface area (Å²) in [6.45, 7) is 15.3. The molecule has 0 radical (unpaired) electrons. The number of benzene rings is 1. The first-order chi connectivity index (χ1) is 12.9. The van der Waals surface area contributed by atoms with Gasteiger partial charge in [-0.15, -0.1) is 0 Å². The van der Waals surface area contributed by atoms with Gasteiger partial charge in [0.05, 0.1) is 5.56 Å². The van der Waals surface area contributed by atoms with Crippen LogP contribution in [0.15, 0.2) is 30.3 Å². The molecular formula is C23H33N3O. The zero-order valence-electron chi connectivity index (χ0n) is 17.5. The van der Waals surface area contributed by atoms with Crippen molar-refractivity contribution >= 4 is 5.91 Å². The first kappa shape index (κ1) is 19.7. The van der Waals surface area contributed by atoms with Crippen molar-refractivity contribution in [1.29, 1.82) is 0 Å². The van der Waals surface area contributed by atoms with Gasteiger partial charge >= 0.3 is 0 Å². The fraction of sp³-hybridized carbons (Fsp3) is 0.522. The highest BCUT2D eigenvalue weighted by atomic mass is 16.2. The van der Waals surface area contributed by atoms with Crippen LogP contribution < -0.4 is 0 Å². The molecule has 1 aliphatic heterocycles. The van der Waals surface area contributed by atoms with Gasteiger partial charge in [0.1, 0.15) is 0 Å². The fourth-order valence-corrected chi connectivity index (χ4v) is 4.32. The molecule has 0 unspecified atom stereocenters. The fourth-order valence-electron chi connectivity index (χ4n) is 4.32. The lowest BCUT2D eigenvalue weighted by Crippen LogP contribution is -2.35. The average Bonchev–Trinajstić information content (AvgIpc) is 2.79. The summed E-state index contributed by atoms with van der Waals surface area (Å²) < 4.78 is 2.26. The summed E-state index contributed by atoms with van der Waals surface area (Å²) in [5, 5.41) is 0. The lowest BCUT2D eigenvalue weighted by Gasteiger charge is -2.23. The van der Waals surface area contributed by atoms with E-state index in [1.54, 1.807) is 0 Å². The molecule has 1 aromatic heterocycles. The minimum absolute atomic E-state index is 0.188. The number of hydrogen-bond acceptors (Lipinski definition) is 2. The van der Waals surface area contributed by atoms with Crippen LogP contribution in [0.4, 0.5) is 0 Å². The zero-order chi connectivity index (χ0) is 19.6. The normalized spacial score (nSPS) is 16.0. The largest absolute Gasteiger partial charge is 0.346 e. The van der Waals surface area contributed by atoms with Crippen LogP contribution in [0, 0.1) is 20.8 Å². The molecule has 0 bridgehead atoms. The second-order valence-electron chi connectivity index (χ2n) is 8.10. The Bertz CT molecular complexity index is 806. The summed E-state index contributed by atoms with van der Waals surface area (Å²) in [5.74, 6) is 0.188. The van der Waals surface area contributed by atoms with Crippen molar-refractivity contribution in [2.75, 3.05) is 26.2 Å². The Hall–Kier alpha value is -2.07. The summed E-state index contributed by atoms with van der Waals surface area (Å²) in [6, 6.07) is 11.0. The number of aryl methyl sites for hydroxylation is 2. The highest BCUT2D eigenvalue weighted by Gasteiger charge is 2.24. The monoisotopic (exact) mass is 367 g/mol. The van der Waals surface area contributed by atoms with Gasteiger partial charge in [0, 0.05) is 50.2 Å². The van der Waals surface area contributed by atoms with Crippen molar-refractivity contribution in [2.24, 2.45) is 0 Å². The first-order valence-electron chi connectivity index (χ1n) is 10.1. The molecule has 1 fully saturated rings. The van der Waals surface area contributed by atoms with E-state index in [2.05, 4.69) is 74.4 Å². The maximum atomic E-state index is 13.2. The summed E-state index contributed by atoms with van der Waals surface area (Å²) in [7, 11) is 0. The van der Waals surface area contributed by atoms with Gasteiger partial charge in [-0.05, 0) is 58.2 Å². The van der Waals surface area contributed by atoms with Crippen molar-refractivity contribution in [3.63, 3.8) is 0 Å². The highest BCUT2D eigenvalue weighted by molar-refractivity contribution is 5.95. The molecule has 0 atom stereocenters. The third-order valence-electron chi connectivity index (χ3n) is 5.76. The molecule has 146 valence electrons. The number of aromatic nitrogens is 1. The van der Waals surface area contributed by atoms with E-state index in [4.69, 9.17) is 0 Å². The number of carbonyl (C=O) groups excluding carboxylic acids is 1. The Morgan fingerprint density at radius 3 is 2.44 bits per heavy atom. The number of carbonyl (C=O) groups is 1. The maximum Gasteiger partial charge on any atom is 0.255 e. The third kappa shape index (κ3) is 4.27. The van der Waals surface area contributed by atoms with Crippen LogP contribution in [0.25, 0.3) is 0 Å².